The van der Waals surface area contributed by atoms with Gasteiger partial charge in [-0.25, -0.2) is 0 Å². The van der Waals surface area contributed by atoms with E-state index in [0.717, 1.165) is 0 Å². The number of amides is 2. The molecular formula is C12H14ClN3O2. The van der Waals surface area contributed by atoms with E-state index in [-0.39, 0.29) is 24.9 Å². The third kappa shape index (κ3) is 3.45. The monoisotopic (exact) mass is 267 g/mol. The minimum atomic E-state index is -0.169. The molecule has 1 fully saturated rings. The van der Waals surface area contributed by atoms with Crippen LogP contribution in [-0.4, -0.2) is 42.9 Å². The first-order chi connectivity index (χ1) is 8.65. The van der Waals surface area contributed by atoms with Gasteiger partial charge in [-0.3, -0.25) is 14.5 Å². The van der Waals surface area contributed by atoms with Crippen molar-refractivity contribution in [2.45, 2.75) is 0 Å². The Balaban J connectivity index is 1.89. The van der Waals surface area contributed by atoms with Gasteiger partial charge in [0.15, 0.2) is 0 Å². The fourth-order valence-corrected chi connectivity index (χ4v) is 1.96. The van der Waals surface area contributed by atoms with Gasteiger partial charge in [-0.15, -0.1) is 0 Å². The van der Waals surface area contributed by atoms with Gasteiger partial charge >= 0.3 is 0 Å². The molecule has 0 aliphatic carbocycles. The number of nitrogens with one attached hydrogen (secondary N) is 2. The summed E-state index contributed by atoms with van der Waals surface area (Å²) >= 11 is 5.94. The maximum Gasteiger partial charge on any atom is 0.238 e. The van der Waals surface area contributed by atoms with E-state index >= 15 is 0 Å². The van der Waals surface area contributed by atoms with Gasteiger partial charge in [-0.1, -0.05) is 23.7 Å². The minimum Gasteiger partial charge on any atom is -0.354 e. The lowest BCUT2D eigenvalue weighted by Crippen LogP contribution is -2.49. The number of piperazine rings is 1. The fourth-order valence-electron chi connectivity index (χ4n) is 1.78. The number of benzene rings is 1. The van der Waals surface area contributed by atoms with E-state index in [1.165, 1.54) is 0 Å². The van der Waals surface area contributed by atoms with Crippen LogP contribution in [0.3, 0.4) is 0 Å². The molecule has 0 radical (unpaired) electrons. The normalized spacial score (nSPS) is 16.2. The number of carbonyl (C=O) groups excluding carboxylic acids is 2. The van der Waals surface area contributed by atoms with Gasteiger partial charge in [0.25, 0.3) is 0 Å². The Bertz CT molecular complexity index is 464. The van der Waals surface area contributed by atoms with Crippen molar-refractivity contribution in [3.05, 3.63) is 29.3 Å². The number of nitrogens with zero attached hydrogens (tertiary/aromatic N) is 1. The molecule has 0 spiro atoms. The summed E-state index contributed by atoms with van der Waals surface area (Å²) in [5, 5.41) is 5.94. The molecule has 1 aliphatic heterocycles. The summed E-state index contributed by atoms with van der Waals surface area (Å²) in [5.41, 5.74) is 0.589. The summed E-state index contributed by atoms with van der Waals surface area (Å²) in [7, 11) is 0. The van der Waals surface area contributed by atoms with Crippen LogP contribution in [0.2, 0.25) is 5.02 Å². The SMILES string of the molecule is O=C1CN(CC(=O)Nc2ccccc2Cl)CCN1. The Kier molecular flexibility index (Phi) is 4.17. The van der Waals surface area contributed by atoms with Crippen molar-refractivity contribution in [1.29, 1.82) is 0 Å². The van der Waals surface area contributed by atoms with Crippen molar-refractivity contribution in [2.24, 2.45) is 0 Å². The quantitative estimate of drug-likeness (QED) is 0.848. The molecule has 1 saturated heterocycles. The Morgan fingerprint density at radius 1 is 1.44 bits per heavy atom. The molecule has 0 saturated carbocycles. The van der Waals surface area contributed by atoms with Crippen molar-refractivity contribution >= 4 is 29.1 Å². The number of anilines is 1. The molecule has 0 aromatic heterocycles. The smallest absolute Gasteiger partial charge is 0.238 e. The van der Waals surface area contributed by atoms with E-state index in [1.807, 2.05) is 0 Å². The van der Waals surface area contributed by atoms with E-state index in [2.05, 4.69) is 10.6 Å². The minimum absolute atomic E-state index is 0.0493. The highest BCUT2D eigenvalue weighted by Crippen LogP contribution is 2.20. The number of para-hydroxylation sites is 1. The summed E-state index contributed by atoms with van der Waals surface area (Å²) in [6.07, 6.45) is 0. The van der Waals surface area contributed by atoms with Crippen molar-refractivity contribution < 1.29 is 9.59 Å². The molecule has 2 rings (SSSR count). The average Bonchev–Trinajstić information content (AvgIpc) is 2.32. The molecule has 1 heterocycles. The maximum absolute atomic E-state index is 11.8. The molecule has 2 N–H and O–H groups in total. The zero-order chi connectivity index (χ0) is 13.0. The molecule has 5 nitrogen and oxygen atoms in total. The van der Waals surface area contributed by atoms with Gasteiger partial charge in [0.1, 0.15) is 0 Å². The van der Waals surface area contributed by atoms with E-state index in [1.54, 1.807) is 29.2 Å². The third-order valence-corrected chi connectivity index (χ3v) is 2.96. The Morgan fingerprint density at radius 2 is 2.22 bits per heavy atom. The Hall–Kier alpha value is -1.59. The van der Waals surface area contributed by atoms with Crippen LogP contribution in [0.15, 0.2) is 24.3 Å². The van der Waals surface area contributed by atoms with Crippen molar-refractivity contribution in [2.75, 3.05) is 31.5 Å². The molecule has 2 amide bonds. The van der Waals surface area contributed by atoms with Crippen LogP contribution >= 0.6 is 11.6 Å². The molecule has 6 heteroatoms. The highest BCUT2D eigenvalue weighted by molar-refractivity contribution is 6.33. The zero-order valence-electron chi connectivity index (χ0n) is 9.78. The van der Waals surface area contributed by atoms with E-state index in [9.17, 15) is 9.59 Å². The lowest BCUT2D eigenvalue weighted by atomic mass is 10.3. The highest BCUT2D eigenvalue weighted by Gasteiger charge is 2.18. The molecule has 1 aromatic rings. The van der Waals surface area contributed by atoms with Crippen molar-refractivity contribution in [1.82, 2.24) is 10.2 Å². The molecule has 0 atom stereocenters. The number of carbonyl (C=O) groups is 2. The highest BCUT2D eigenvalue weighted by atomic mass is 35.5. The fraction of sp³-hybridized carbons (Fsp3) is 0.333. The number of hydrogen-bond donors (Lipinski definition) is 2. The third-order valence-electron chi connectivity index (χ3n) is 2.63. The molecule has 1 aliphatic rings. The molecule has 18 heavy (non-hydrogen) atoms. The second-order valence-electron chi connectivity index (χ2n) is 4.09. The average molecular weight is 268 g/mol. The second kappa shape index (κ2) is 5.84. The van der Waals surface area contributed by atoms with E-state index in [0.29, 0.717) is 23.8 Å². The summed E-state index contributed by atoms with van der Waals surface area (Å²) in [4.78, 5) is 24.8. The predicted octanol–water partition coefficient (Wildman–Crippen LogP) is 0.710. The Labute approximate surface area is 110 Å². The lowest BCUT2D eigenvalue weighted by Gasteiger charge is -2.25. The van der Waals surface area contributed by atoms with Crippen LogP contribution in [-0.2, 0) is 9.59 Å². The summed E-state index contributed by atoms with van der Waals surface area (Å²) in [6, 6.07) is 7.05. The largest absolute Gasteiger partial charge is 0.354 e. The van der Waals surface area contributed by atoms with Gasteiger partial charge in [0.05, 0.1) is 23.8 Å². The van der Waals surface area contributed by atoms with E-state index < -0.39 is 0 Å². The van der Waals surface area contributed by atoms with Gasteiger partial charge in [0, 0.05) is 13.1 Å². The topological polar surface area (TPSA) is 61.4 Å². The molecule has 1 aromatic carbocycles. The molecule has 0 unspecified atom stereocenters. The predicted molar refractivity (Wildman–Crippen MR) is 69.5 cm³/mol. The van der Waals surface area contributed by atoms with Crippen LogP contribution < -0.4 is 10.6 Å². The summed E-state index contributed by atoms with van der Waals surface area (Å²) < 4.78 is 0. The summed E-state index contributed by atoms with van der Waals surface area (Å²) in [6.45, 7) is 1.72. The van der Waals surface area contributed by atoms with Gasteiger partial charge in [-0.2, -0.15) is 0 Å². The van der Waals surface area contributed by atoms with Crippen LogP contribution in [0, 0.1) is 0 Å². The van der Waals surface area contributed by atoms with Crippen molar-refractivity contribution in [3.8, 4) is 0 Å². The van der Waals surface area contributed by atoms with Crippen LogP contribution in [0.25, 0.3) is 0 Å². The van der Waals surface area contributed by atoms with Gasteiger partial charge in [-0.05, 0) is 12.1 Å². The molecule has 96 valence electrons. The first-order valence-corrected chi connectivity index (χ1v) is 6.06. The van der Waals surface area contributed by atoms with Gasteiger partial charge in [0.2, 0.25) is 11.8 Å². The van der Waals surface area contributed by atoms with Gasteiger partial charge < -0.3 is 10.6 Å². The van der Waals surface area contributed by atoms with E-state index in [4.69, 9.17) is 11.6 Å². The number of halogens is 1. The second-order valence-corrected chi connectivity index (χ2v) is 4.50. The van der Waals surface area contributed by atoms with Crippen LogP contribution in [0.5, 0.6) is 0 Å². The van der Waals surface area contributed by atoms with Crippen LogP contribution in [0.4, 0.5) is 5.69 Å². The molecule has 0 bridgehead atoms. The first kappa shape index (κ1) is 12.9. The van der Waals surface area contributed by atoms with Crippen LogP contribution in [0.1, 0.15) is 0 Å². The zero-order valence-corrected chi connectivity index (χ0v) is 10.5. The number of rotatable bonds is 3. The molecular weight excluding hydrogens is 254 g/mol. The Morgan fingerprint density at radius 3 is 2.94 bits per heavy atom. The number of hydrogen-bond acceptors (Lipinski definition) is 3. The van der Waals surface area contributed by atoms with Crippen molar-refractivity contribution in [3.63, 3.8) is 0 Å². The first-order valence-electron chi connectivity index (χ1n) is 5.68. The standard InChI is InChI=1S/C12H14ClN3O2/c13-9-3-1-2-4-10(9)15-12(18)8-16-6-5-14-11(17)7-16/h1-4H,5-8H2,(H,14,17)(H,15,18). The lowest BCUT2D eigenvalue weighted by molar-refractivity contribution is -0.125. The maximum atomic E-state index is 11.8. The summed E-state index contributed by atoms with van der Waals surface area (Å²) in [5.74, 6) is -0.218.